The second-order valence-electron chi connectivity index (χ2n) is 5.61. The van der Waals surface area contributed by atoms with Crippen LogP contribution in [0, 0.1) is 5.41 Å². The van der Waals surface area contributed by atoms with Crippen molar-refractivity contribution in [2.45, 2.75) is 0 Å². The zero-order chi connectivity index (χ0) is 17.4. The molecule has 0 spiro atoms. The molecule has 3 nitrogen and oxygen atoms in total. The maximum atomic E-state index is 12.8. The number of carbonyl (C=O) groups is 1. The van der Waals surface area contributed by atoms with Gasteiger partial charge in [-0.15, -0.1) is 0 Å². The summed E-state index contributed by atoms with van der Waals surface area (Å²) in [6.07, 6.45) is 1.83. The third-order valence-electron chi connectivity index (χ3n) is 4.01. The number of nitrogens with zero attached hydrogens (tertiary/aromatic N) is 1. The van der Waals surface area contributed by atoms with Crippen LogP contribution in [0.3, 0.4) is 0 Å². The normalized spacial score (nSPS) is 16.2. The average Bonchev–Trinajstić information content (AvgIpc) is 2.90. The zero-order valence-electron chi connectivity index (χ0n) is 13.1. The summed E-state index contributed by atoms with van der Waals surface area (Å²) in [5, 5.41) is 10.6. The molecule has 0 unspecified atom stereocenters. The highest BCUT2D eigenvalue weighted by Crippen LogP contribution is 2.36. The van der Waals surface area contributed by atoms with Gasteiger partial charge in [0.2, 0.25) is 0 Å². The number of benzene rings is 3. The maximum absolute atomic E-state index is 12.8. The zero-order valence-corrected chi connectivity index (χ0v) is 15.5. The van der Waals surface area contributed by atoms with Gasteiger partial charge in [0.15, 0.2) is 5.17 Å². The third-order valence-corrected chi connectivity index (χ3v) is 5.62. The summed E-state index contributed by atoms with van der Waals surface area (Å²) >= 11 is 4.68. The summed E-state index contributed by atoms with van der Waals surface area (Å²) in [6.45, 7) is 0. The molecule has 4 rings (SSSR count). The Kier molecular flexibility index (Phi) is 4.19. The van der Waals surface area contributed by atoms with Crippen molar-refractivity contribution < 1.29 is 4.79 Å². The number of hydrogen-bond acceptors (Lipinski definition) is 3. The summed E-state index contributed by atoms with van der Waals surface area (Å²) in [5.41, 5.74) is 1.64. The molecule has 3 aromatic carbocycles. The van der Waals surface area contributed by atoms with E-state index in [1.165, 1.54) is 16.7 Å². The van der Waals surface area contributed by atoms with Crippen molar-refractivity contribution in [1.29, 1.82) is 5.41 Å². The van der Waals surface area contributed by atoms with E-state index in [1.807, 2.05) is 72.8 Å². The van der Waals surface area contributed by atoms with Gasteiger partial charge in [-0.1, -0.05) is 64.5 Å². The van der Waals surface area contributed by atoms with Gasteiger partial charge in [-0.3, -0.25) is 15.1 Å². The van der Waals surface area contributed by atoms with E-state index in [0.717, 1.165) is 26.5 Å². The van der Waals surface area contributed by atoms with Crippen molar-refractivity contribution in [1.82, 2.24) is 0 Å². The maximum Gasteiger partial charge on any atom is 0.271 e. The smallest absolute Gasteiger partial charge is 0.271 e. The van der Waals surface area contributed by atoms with Crippen molar-refractivity contribution in [3.05, 3.63) is 81.7 Å². The Morgan fingerprint density at radius 2 is 1.68 bits per heavy atom. The van der Waals surface area contributed by atoms with Gasteiger partial charge >= 0.3 is 0 Å². The van der Waals surface area contributed by atoms with Crippen LogP contribution in [0.1, 0.15) is 5.56 Å². The fraction of sp³-hybridized carbons (Fsp3) is 0. The number of rotatable bonds is 2. The van der Waals surface area contributed by atoms with Crippen molar-refractivity contribution >= 4 is 61.3 Å². The number of fused-ring (bicyclic) bond motifs is 1. The van der Waals surface area contributed by atoms with Crippen molar-refractivity contribution in [3.8, 4) is 0 Å². The molecule has 0 atom stereocenters. The molecular formula is C20H13BrN2OS. The van der Waals surface area contributed by atoms with Crippen LogP contribution in [0.4, 0.5) is 5.69 Å². The highest BCUT2D eigenvalue weighted by Gasteiger charge is 2.33. The van der Waals surface area contributed by atoms with Gasteiger partial charge in [0.25, 0.3) is 5.91 Å². The van der Waals surface area contributed by atoms with Gasteiger partial charge in [-0.05, 0) is 52.4 Å². The molecule has 0 bridgehead atoms. The van der Waals surface area contributed by atoms with E-state index in [1.54, 1.807) is 0 Å². The predicted molar refractivity (Wildman–Crippen MR) is 109 cm³/mol. The molecule has 1 fully saturated rings. The molecule has 0 aromatic heterocycles. The molecule has 1 saturated heterocycles. The lowest BCUT2D eigenvalue weighted by Gasteiger charge is -2.15. The minimum atomic E-state index is -0.166. The van der Waals surface area contributed by atoms with E-state index in [4.69, 9.17) is 5.41 Å². The van der Waals surface area contributed by atoms with E-state index < -0.39 is 0 Å². The van der Waals surface area contributed by atoms with Gasteiger partial charge in [0, 0.05) is 4.47 Å². The Morgan fingerprint density at radius 1 is 0.960 bits per heavy atom. The first-order valence-electron chi connectivity index (χ1n) is 7.69. The number of amidine groups is 1. The average molecular weight is 409 g/mol. The third kappa shape index (κ3) is 3.01. The number of hydrogen-bond donors (Lipinski definition) is 1. The Labute approximate surface area is 158 Å². The summed E-state index contributed by atoms with van der Waals surface area (Å²) in [5.74, 6) is -0.166. The molecule has 1 aliphatic rings. The Bertz CT molecular complexity index is 1040. The summed E-state index contributed by atoms with van der Waals surface area (Å²) in [4.78, 5) is 14.9. The molecule has 1 amide bonds. The Balaban J connectivity index is 1.72. The summed E-state index contributed by atoms with van der Waals surface area (Å²) < 4.78 is 0.923. The van der Waals surface area contributed by atoms with Gasteiger partial charge in [0.1, 0.15) is 0 Å². The Hall–Kier alpha value is -2.37. The van der Waals surface area contributed by atoms with Gasteiger partial charge in [-0.25, -0.2) is 0 Å². The monoisotopic (exact) mass is 408 g/mol. The van der Waals surface area contributed by atoms with Crippen LogP contribution in [-0.4, -0.2) is 11.1 Å². The van der Waals surface area contributed by atoms with Gasteiger partial charge in [-0.2, -0.15) is 0 Å². The Morgan fingerprint density at radius 3 is 2.48 bits per heavy atom. The van der Waals surface area contributed by atoms with Crippen molar-refractivity contribution in [2.75, 3.05) is 4.90 Å². The van der Waals surface area contributed by atoms with E-state index in [9.17, 15) is 4.79 Å². The molecule has 0 aliphatic carbocycles. The number of anilines is 1. The molecule has 0 radical (unpaired) electrons. The number of amides is 1. The highest BCUT2D eigenvalue weighted by atomic mass is 79.9. The van der Waals surface area contributed by atoms with E-state index in [-0.39, 0.29) is 11.1 Å². The molecule has 3 aromatic rings. The van der Waals surface area contributed by atoms with E-state index >= 15 is 0 Å². The van der Waals surface area contributed by atoms with Crippen LogP contribution in [0.2, 0.25) is 0 Å². The van der Waals surface area contributed by atoms with Crippen LogP contribution in [-0.2, 0) is 4.79 Å². The van der Waals surface area contributed by atoms with E-state index in [0.29, 0.717) is 4.91 Å². The first kappa shape index (κ1) is 16.1. The minimum absolute atomic E-state index is 0.166. The topological polar surface area (TPSA) is 44.2 Å². The quantitative estimate of drug-likeness (QED) is 0.556. The van der Waals surface area contributed by atoms with Crippen molar-refractivity contribution in [2.24, 2.45) is 0 Å². The van der Waals surface area contributed by atoms with Crippen LogP contribution < -0.4 is 4.90 Å². The molecule has 1 heterocycles. The summed E-state index contributed by atoms with van der Waals surface area (Å²) in [6, 6.07) is 21.5. The van der Waals surface area contributed by atoms with Crippen molar-refractivity contribution in [3.63, 3.8) is 0 Å². The highest BCUT2D eigenvalue weighted by molar-refractivity contribution is 9.10. The molecule has 0 saturated carbocycles. The second-order valence-corrected chi connectivity index (χ2v) is 7.49. The van der Waals surface area contributed by atoms with Crippen LogP contribution in [0.15, 0.2) is 76.1 Å². The first-order valence-corrected chi connectivity index (χ1v) is 9.30. The molecule has 5 heteroatoms. The second kappa shape index (κ2) is 6.50. The van der Waals surface area contributed by atoms with Crippen LogP contribution >= 0.6 is 27.7 Å². The number of nitrogens with one attached hydrogen (secondary N) is 1. The lowest BCUT2D eigenvalue weighted by molar-refractivity contribution is -0.113. The van der Waals surface area contributed by atoms with Gasteiger partial charge in [0.05, 0.1) is 10.6 Å². The van der Waals surface area contributed by atoms with Crippen LogP contribution in [0.25, 0.3) is 16.8 Å². The predicted octanol–water partition coefficient (Wildman–Crippen LogP) is 5.66. The molecule has 1 N–H and O–H groups in total. The number of halogens is 1. The standard InChI is InChI=1S/C20H13BrN2OS/c21-17-8-4-3-7-15(17)12-18-19(24)23(20(22)25-18)16-10-9-13-5-1-2-6-14(13)11-16/h1-12,22H/b18-12+,22-20?. The minimum Gasteiger partial charge on any atom is -0.278 e. The number of thioether (sulfide) groups is 1. The van der Waals surface area contributed by atoms with E-state index in [2.05, 4.69) is 15.9 Å². The fourth-order valence-corrected chi connectivity index (χ4v) is 4.02. The lowest BCUT2D eigenvalue weighted by atomic mass is 10.1. The first-order chi connectivity index (χ1) is 12.1. The molecule has 25 heavy (non-hydrogen) atoms. The molecule has 1 aliphatic heterocycles. The molecule has 122 valence electrons. The largest absolute Gasteiger partial charge is 0.278 e. The van der Waals surface area contributed by atoms with Crippen LogP contribution in [0.5, 0.6) is 0 Å². The number of carbonyl (C=O) groups excluding carboxylic acids is 1. The SMILES string of the molecule is N=C1S/C(=C/c2ccccc2Br)C(=O)N1c1ccc2ccccc2c1. The fourth-order valence-electron chi connectivity index (χ4n) is 2.77. The summed E-state index contributed by atoms with van der Waals surface area (Å²) in [7, 11) is 0. The van der Waals surface area contributed by atoms with Gasteiger partial charge < -0.3 is 0 Å². The molecular weight excluding hydrogens is 396 g/mol. The lowest BCUT2D eigenvalue weighted by Crippen LogP contribution is -2.28.